The van der Waals surface area contributed by atoms with Gasteiger partial charge in [0.15, 0.2) is 0 Å². The first-order valence-corrected chi connectivity index (χ1v) is 6.83. The van der Waals surface area contributed by atoms with Crippen molar-refractivity contribution in [3.63, 3.8) is 0 Å². The minimum Gasteiger partial charge on any atom is -0.435 e. The highest BCUT2D eigenvalue weighted by Gasteiger charge is 2.14. The van der Waals surface area contributed by atoms with Crippen LogP contribution in [0.25, 0.3) is 0 Å². The third-order valence-electron chi connectivity index (χ3n) is 3.35. The van der Waals surface area contributed by atoms with Crippen molar-refractivity contribution in [2.24, 2.45) is 5.73 Å². The molecule has 112 valence electrons. The van der Waals surface area contributed by atoms with E-state index in [-0.39, 0.29) is 11.8 Å². The van der Waals surface area contributed by atoms with Crippen LogP contribution in [-0.2, 0) is 0 Å². The number of hydrogen-bond acceptors (Lipinski definition) is 2. The van der Waals surface area contributed by atoms with Crippen LogP contribution in [-0.4, -0.2) is 6.61 Å². The molecule has 0 aliphatic heterocycles. The van der Waals surface area contributed by atoms with Gasteiger partial charge in [0.1, 0.15) is 5.75 Å². The second-order valence-electron chi connectivity index (χ2n) is 4.88. The number of ether oxygens (including phenoxy) is 1. The van der Waals surface area contributed by atoms with E-state index in [1.165, 1.54) is 12.1 Å². The van der Waals surface area contributed by atoms with Crippen molar-refractivity contribution >= 4 is 11.6 Å². The van der Waals surface area contributed by atoms with Gasteiger partial charge in [-0.05, 0) is 54.3 Å². The molecule has 0 spiro atoms. The Morgan fingerprint density at radius 3 is 2.24 bits per heavy atom. The maximum Gasteiger partial charge on any atom is 0.387 e. The standard InChI is InChI=1S/C16H16ClF2NO/c1-9-8-14(17)10(2)7-13(9)15(20)11-3-5-12(6-4-11)21-16(18)19/h3-8,15-16H,20H2,1-2H3. The van der Waals surface area contributed by atoms with E-state index in [2.05, 4.69) is 4.74 Å². The van der Waals surface area contributed by atoms with Crippen LogP contribution >= 0.6 is 11.6 Å². The molecule has 5 heteroatoms. The predicted molar refractivity (Wildman–Crippen MR) is 80.0 cm³/mol. The molecule has 0 aliphatic rings. The highest BCUT2D eigenvalue weighted by atomic mass is 35.5. The van der Waals surface area contributed by atoms with E-state index in [0.717, 1.165) is 22.3 Å². The molecule has 0 aromatic heterocycles. The Balaban J connectivity index is 2.27. The zero-order valence-corrected chi connectivity index (χ0v) is 12.5. The number of benzene rings is 2. The highest BCUT2D eigenvalue weighted by Crippen LogP contribution is 2.28. The summed E-state index contributed by atoms with van der Waals surface area (Å²) in [6.45, 7) is 1.03. The van der Waals surface area contributed by atoms with Crippen molar-refractivity contribution in [1.82, 2.24) is 0 Å². The maximum atomic E-state index is 12.1. The lowest BCUT2D eigenvalue weighted by atomic mass is 9.94. The van der Waals surface area contributed by atoms with Gasteiger partial charge in [-0.25, -0.2) is 0 Å². The van der Waals surface area contributed by atoms with Crippen LogP contribution in [0.15, 0.2) is 36.4 Å². The summed E-state index contributed by atoms with van der Waals surface area (Å²) in [6.07, 6.45) is 0. The zero-order chi connectivity index (χ0) is 15.6. The van der Waals surface area contributed by atoms with Gasteiger partial charge in [0.2, 0.25) is 0 Å². The normalized spacial score (nSPS) is 12.5. The average molecular weight is 312 g/mol. The molecule has 2 N–H and O–H groups in total. The van der Waals surface area contributed by atoms with Crippen LogP contribution in [0.3, 0.4) is 0 Å². The molecule has 0 heterocycles. The van der Waals surface area contributed by atoms with Crippen molar-refractivity contribution in [2.75, 3.05) is 0 Å². The summed E-state index contributed by atoms with van der Waals surface area (Å²) in [5.74, 6) is 0.116. The molecule has 2 nitrogen and oxygen atoms in total. The molecule has 2 aromatic carbocycles. The summed E-state index contributed by atoms with van der Waals surface area (Å²) in [4.78, 5) is 0. The van der Waals surface area contributed by atoms with Gasteiger partial charge in [0.05, 0.1) is 6.04 Å². The molecule has 0 aliphatic carbocycles. The van der Waals surface area contributed by atoms with Gasteiger partial charge >= 0.3 is 6.61 Å². The van der Waals surface area contributed by atoms with E-state index >= 15 is 0 Å². The van der Waals surface area contributed by atoms with Crippen LogP contribution in [0.4, 0.5) is 8.78 Å². The summed E-state index contributed by atoms with van der Waals surface area (Å²) in [5.41, 5.74) is 9.98. The van der Waals surface area contributed by atoms with E-state index in [0.29, 0.717) is 5.02 Å². The van der Waals surface area contributed by atoms with E-state index in [9.17, 15) is 8.78 Å². The third-order valence-corrected chi connectivity index (χ3v) is 3.75. The summed E-state index contributed by atoms with van der Waals surface area (Å²) in [6, 6.07) is 9.82. The molecule has 2 aromatic rings. The lowest BCUT2D eigenvalue weighted by Gasteiger charge is -2.17. The fourth-order valence-corrected chi connectivity index (χ4v) is 2.39. The number of alkyl halides is 2. The largest absolute Gasteiger partial charge is 0.435 e. The number of rotatable bonds is 4. The van der Waals surface area contributed by atoms with Gasteiger partial charge in [-0.1, -0.05) is 29.8 Å². The topological polar surface area (TPSA) is 35.2 Å². The Morgan fingerprint density at radius 1 is 1.05 bits per heavy atom. The SMILES string of the molecule is Cc1cc(C(N)c2ccc(OC(F)F)cc2)c(C)cc1Cl. The molecule has 1 atom stereocenters. The molecule has 0 amide bonds. The summed E-state index contributed by atoms with van der Waals surface area (Å²) < 4.78 is 28.6. The molecule has 1 unspecified atom stereocenters. The number of halogens is 3. The van der Waals surface area contributed by atoms with E-state index in [1.807, 2.05) is 26.0 Å². The monoisotopic (exact) mass is 311 g/mol. The quantitative estimate of drug-likeness (QED) is 0.895. The fourth-order valence-electron chi connectivity index (χ4n) is 2.17. The molecule has 0 bridgehead atoms. The first kappa shape index (κ1) is 15.7. The molecule has 0 radical (unpaired) electrons. The number of hydrogen-bond donors (Lipinski definition) is 1. The van der Waals surface area contributed by atoms with Gasteiger partial charge in [0.25, 0.3) is 0 Å². The van der Waals surface area contributed by atoms with Crippen molar-refractivity contribution in [2.45, 2.75) is 26.5 Å². The van der Waals surface area contributed by atoms with E-state index in [1.54, 1.807) is 12.1 Å². The fraction of sp³-hybridized carbons (Fsp3) is 0.250. The second-order valence-corrected chi connectivity index (χ2v) is 5.29. The van der Waals surface area contributed by atoms with Crippen LogP contribution < -0.4 is 10.5 Å². The van der Waals surface area contributed by atoms with Gasteiger partial charge < -0.3 is 10.5 Å². The molecule has 2 rings (SSSR count). The second kappa shape index (κ2) is 6.41. The first-order chi connectivity index (χ1) is 9.88. The molecule has 0 fully saturated rings. The van der Waals surface area contributed by atoms with Crippen LogP contribution in [0, 0.1) is 13.8 Å². The van der Waals surface area contributed by atoms with Crippen molar-refractivity contribution < 1.29 is 13.5 Å². The number of nitrogens with two attached hydrogens (primary N) is 1. The zero-order valence-electron chi connectivity index (χ0n) is 11.7. The Kier molecular flexibility index (Phi) is 4.80. The van der Waals surface area contributed by atoms with Crippen LogP contribution in [0.1, 0.15) is 28.3 Å². The minimum absolute atomic E-state index is 0.116. The van der Waals surface area contributed by atoms with Crippen LogP contribution in [0.2, 0.25) is 5.02 Å². The predicted octanol–water partition coefficient (Wildman–Crippen LogP) is 4.61. The molecular weight excluding hydrogens is 296 g/mol. The molecular formula is C16H16ClF2NO. The van der Waals surface area contributed by atoms with Gasteiger partial charge in [0, 0.05) is 5.02 Å². The van der Waals surface area contributed by atoms with Crippen molar-refractivity contribution in [3.05, 3.63) is 63.7 Å². The van der Waals surface area contributed by atoms with Crippen molar-refractivity contribution in [3.8, 4) is 5.75 Å². The minimum atomic E-state index is -2.83. The summed E-state index contributed by atoms with van der Waals surface area (Å²) in [5, 5.41) is 0.698. The van der Waals surface area contributed by atoms with Gasteiger partial charge in [-0.2, -0.15) is 8.78 Å². The lowest BCUT2D eigenvalue weighted by Crippen LogP contribution is -2.13. The Labute approximate surface area is 127 Å². The lowest BCUT2D eigenvalue weighted by molar-refractivity contribution is -0.0498. The molecule has 0 saturated carbocycles. The number of aryl methyl sites for hydroxylation is 2. The third kappa shape index (κ3) is 3.71. The molecule has 21 heavy (non-hydrogen) atoms. The van der Waals surface area contributed by atoms with Crippen molar-refractivity contribution in [1.29, 1.82) is 0 Å². The average Bonchev–Trinajstić information content (AvgIpc) is 2.42. The van der Waals surface area contributed by atoms with Gasteiger partial charge in [-0.3, -0.25) is 0 Å². The maximum absolute atomic E-state index is 12.1. The summed E-state index contributed by atoms with van der Waals surface area (Å²) >= 11 is 6.08. The first-order valence-electron chi connectivity index (χ1n) is 6.45. The Morgan fingerprint density at radius 2 is 1.67 bits per heavy atom. The van der Waals surface area contributed by atoms with E-state index in [4.69, 9.17) is 17.3 Å². The smallest absolute Gasteiger partial charge is 0.387 e. The van der Waals surface area contributed by atoms with Gasteiger partial charge in [-0.15, -0.1) is 0 Å². The molecule has 0 saturated heterocycles. The van der Waals surface area contributed by atoms with Crippen LogP contribution in [0.5, 0.6) is 5.75 Å². The highest BCUT2D eigenvalue weighted by molar-refractivity contribution is 6.31. The summed E-state index contributed by atoms with van der Waals surface area (Å²) in [7, 11) is 0. The Hall–Kier alpha value is -1.65. The van der Waals surface area contributed by atoms with E-state index < -0.39 is 6.61 Å². The Bertz CT molecular complexity index is 629.